The van der Waals surface area contributed by atoms with Gasteiger partial charge < -0.3 is 19.9 Å². The lowest BCUT2D eigenvalue weighted by atomic mass is 10.1. The second kappa shape index (κ2) is 8.49. The first-order valence-corrected chi connectivity index (χ1v) is 7.82. The van der Waals surface area contributed by atoms with Crippen molar-refractivity contribution >= 4 is 0 Å². The molecule has 0 bridgehead atoms. The summed E-state index contributed by atoms with van der Waals surface area (Å²) >= 11 is 0. The average Bonchev–Trinajstić information content (AvgIpc) is 2.98. The van der Waals surface area contributed by atoms with Crippen molar-refractivity contribution in [2.45, 2.75) is 44.9 Å². The van der Waals surface area contributed by atoms with Crippen LogP contribution in [0.5, 0.6) is 0 Å². The van der Waals surface area contributed by atoms with Gasteiger partial charge in [-0.15, -0.1) is 0 Å². The zero-order valence-electron chi connectivity index (χ0n) is 13.0. The number of hydrogen-bond acceptors (Lipinski definition) is 4. The second-order valence-electron chi connectivity index (χ2n) is 5.87. The number of hydrogen-bond donors (Lipinski definition) is 2. The van der Waals surface area contributed by atoms with E-state index in [4.69, 9.17) is 9.47 Å². The Bertz CT molecular complexity index is 418. The lowest BCUT2D eigenvalue weighted by Gasteiger charge is -2.18. The third-order valence-corrected chi connectivity index (χ3v) is 3.84. The molecule has 118 valence electrons. The van der Waals surface area contributed by atoms with E-state index in [1.54, 1.807) is 0 Å². The predicted octanol–water partition coefficient (Wildman–Crippen LogP) is 2.20. The van der Waals surface area contributed by atoms with Gasteiger partial charge in [0.05, 0.1) is 25.4 Å². The molecule has 2 unspecified atom stereocenters. The maximum atomic E-state index is 9.95. The molecular formula is C17H27NO3. The summed E-state index contributed by atoms with van der Waals surface area (Å²) in [5.74, 6) is 0. The number of aliphatic hydroxyl groups is 1. The van der Waals surface area contributed by atoms with Crippen molar-refractivity contribution in [3.63, 3.8) is 0 Å². The molecule has 1 aliphatic rings. The first-order chi connectivity index (χ1) is 10.1. The van der Waals surface area contributed by atoms with Gasteiger partial charge in [-0.2, -0.15) is 0 Å². The fraction of sp³-hybridized carbons (Fsp3) is 0.647. The van der Waals surface area contributed by atoms with E-state index in [9.17, 15) is 5.11 Å². The van der Waals surface area contributed by atoms with Gasteiger partial charge in [0.15, 0.2) is 0 Å². The minimum Gasteiger partial charge on any atom is -0.389 e. The van der Waals surface area contributed by atoms with Crippen molar-refractivity contribution in [3.8, 4) is 0 Å². The van der Waals surface area contributed by atoms with Crippen LogP contribution in [0.15, 0.2) is 24.3 Å². The molecule has 1 fully saturated rings. The number of nitrogens with one attached hydrogen (secondary N) is 1. The molecule has 4 heteroatoms. The quantitative estimate of drug-likeness (QED) is 0.771. The fourth-order valence-electron chi connectivity index (χ4n) is 2.54. The smallest absolute Gasteiger partial charge is 0.0897 e. The molecule has 3 atom stereocenters. The van der Waals surface area contributed by atoms with Crippen LogP contribution in [0, 0.1) is 6.92 Å². The molecule has 2 rings (SSSR count). The van der Waals surface area contributed by atoms with Gasteiger partial charge in [-0.1, -0.05) is 29.8 Å². The van der Waals surface area contributed by atoms with Crippen LogP contribution in [0.4, 0.5) is 0 Å². The van der Waals surface area contributed by atoms with E-state index in [-0.39, 0.29) is 12.1 Å². The maximum absolute atomic E-state index is 9.95. The summed E-state index contributed by atoms with van der Waals surface area (Å²) in [7, 11) is 0. The molecule has 1 aromatic carbocycles. The van der Waals surface area contributed by atoms with E-state index in [0.717, 1.165) is 19.4 Å². The molecule has 1 aliphatic heterocycles. The highest BCUT2D eigenvalue weighted by Crippen LogP contribution is 2.14. The van der Waals surface area contributed by atoms with Gasteiger partial charge in [0, 0.05) is 19.2 Å². The van der Waals surface area contributed by atoms with Crippen LogP contribution < -0.4 is 5.32 Å². The number of benzene rings is 1. The van der Waals surface area contributed by atoms with Crippen molar-refractivity contribution in [1.29, 1.82) is 0 Å². The van der Waals surface area contributed by atoms with E-state index in [2.05, 4.69) is 43.4 Å². The highest BCUT2D eigenvalue weighted by molar-refractivity contribution is 5.24. The molecule has 1 saturated heterocycles. The Labute approximate surface area is 127 Å². The van der Waals surface area contributed by atoms with Gasteiger partial charge in [0.2, 0.25) is 0 Å². The molecule has 1 heterocycles. The molecule has 0 spiro atoms. The van der Waals surface area contributed by atoms with Crippen LogP contribution in [0.2, 0.25) is 0 Å². The Kier molecular flexibility index (Phi) is 6.64. The van der Waals surface area contributed by atoms with Gasteiger partial charge >= 0.3 is 0 Å². The Morgan fingerprint density at radius 3 is 3.05 bits per heavy atom. The van der Waals surface area contributed by atoms with E-state index in [1.807, 2.05) is 0 Å². The van der Waals surface area contributed by atoms with E-state index in [1.165, 1.54) is 11.1 Å². The second-order valence-corrected chi connectivity index (χ2v) is 5.87. The summed E-state index contributed by atoms with van der Waals surface area (Å²) in [5, 5.41) is 13.3. The van der Waals surface area contributed by atoms with Crippen LogP contribution in [0.25, 0.3) is 0 Å². The van der Waals surface area contributed by atoms with Crippen molar-refractivity contribution < 1.29 is 14.6 Å². The Morgan fingerprint density at radius 1 is 1.48 bits per heavy atom. The standard InChI is InChI=1S/C17H27NO3/c1-13-5-3-6-15(9-13)14(2)18-10-16(19)11-20-12-17-7-4-8-21-17/h3,5-6,9,14,16-19H,4,7-8,10-12H2,1-2H3/t14-,16?,17?/m0/s1. The zero-order chi connectivity index (χ0) is 15.1. The molecule has 2 N–H and O–H groups in total. The van der Waals surface area contributed by atoms with Gasteiger partial charge in [-0.05, 0) is 32.3 Å². The lowest BCUT2D eigenvalue weighted by molar-refractivity contribution is -0.0168. The van der Waals surface area contributed by atoms with Crippen molar-refractivity contribution in [2.75, 3.05) is 26.4 Å². The molecule has 0 radical (unpaired) electrons. The largest absolute Gasteiger partial charge is 0.389 e. The van der Waals surface area contributed by atoms with Crippen LogP contribution >= 0.6 is 0 Å². The third kappa shape index (κ3) is 5.75. The van der Waals surface area contributed by atoms with Gasteiger partial charge in [-0.25, -0.2) is 0 Å². The molecular weight excluding hydrogens is 266 g/mol. The molecule has 4 nitrogen and oxygen atoms in total. The number of aliphatic hydroxyl groups excluding tert-OH is 1. The van der Waals surface area contributed by atoms with Crippen molar-refractivity contribution in [1.82, 2.24) is 5.32 Å². The summed E-state index contributed by atoms with van der Waals surface area (Å²) in [6, 6.07) is 8.63. The monoisotopic (exact) mass is 293 g/mol. The van der Waals surface area contributed by atoms with Gasteiger partial charge in [-0.3, -0.25) is 0 Å². The normalized spacial score (nSPS) is 21.4. The highest BCUT2D eigenvalue weighted by Gasteiger charge is 2.16. The summed E-state index contributed by atoms with van der Waals surface area (Å²) in [4.78, 5) is 0. The van der Waals surface area contributed by atoms with Crippen LogP contribution in [-0.4, -0.2) is 43.7 Å². The fourth-order valence-corrected chi connectivity index (χ4v) is 2.54. The minimum absolute atomic E-state index is 0.219. The predicted molar refractivity (Wildman–Crippen MR) is 83.4 cm³/mol. The van der Waals surface area contributed by atoms with Crippen molar-refractivity contribution in [3.05, 3.63) is 35.4 Å². The zero-order valence-corrected chi connectivity index (χ0v) is 13.0. The molecule has 0 aliphatic carbocycles. The summed E-state index contributed by atoms with van der Waals surface area (Å²) in [6.45, 7) is 6.50. The molecule has 21 heavy (non-hydrogen) atoms. The maximum Gasteiger partial charge on any atom is 0.0897 e. The number of rotatable bonds is 8. The van der Waals surface area contributed by atoms with Crippen LogP contribution in [0.1, 0.15) is 36.9 Å². The Balaban J connectivity index is 1.62. The first-order valence-electron chi connectivity index (χ1n) is 7.82. The summed E-state index contributed by atoms with van der Waals surface area (Å²) in [6.07, 6.45) is 1.92. The average molecular weight is 293 g/mol. The number of aryl methyl sites for hydroxylation is 1. The van der Waals surface area contributed by atoms with E-state index < -0.39 is 6.10 Å². The van der Waals surface area contributed by atoms with E-state index in [0.29, 0.717) is 19.8 Å². The topological polar surface area (TPSA) is 50.7 Å². The van der Waals surface area contributed by atoms with E-state index >= 15 is 0 Å². The summed E-state index contributed by atoms with van der Waals surface area (Å²) in [5.41, 5.74) is 2.49. The molecule has 0 amide bonds. The SMILES string of the molecule is Cc1cccc([C@H](C)NCC(O)COCC2CCCO2)c1. The van der Waals surface area contributed by atoms with Gasteiger partial charge in [0.1, 0.15) is 0 Å². The third-order valence-electron chi connectivity index (χ3n) is 3.84. The highest BCUT2D eigenvalue weighted by atomic mass is 16.5. The number of ether oxygens (including phenoxy) is 2. The molecule has 1 aromatic rings. The molecule has 0 saturated carbocycles. The molecule has 0 aromatic heterocycles. The van der Waals surface area contributed by atoms with Crippen LogP contribution in [0.3, 0.4) is 0 Å². The Hall–Kier alpha value is -0.940. The Morgan fingerprint density at radius 2 is 2.33 bits per heavy atom. The van der Waals surface area contributed by atoms with Crippen LogP contribution in [-0.2, 0) is 9.47 Å². The van der Waals surface area contributed by atoms with Gasteiger partial charge in [0.25, 0.3) is 0 Å². The van der Waals surface area contributed by atoms with Crippen molar-refractivity contribution in [2.24, 2.45) is 0 Å². The minimum atomic E-state index is -0.487. The first kappa shape index (κ1) is 16.4. The lowest BCUT2D eigenvalue weighted by Crippen LogP contribution is -2.33. The summed E-state index contributed by atoms with van der Waals surface area (Å²) < 4.78 is 11.0.